The first kappa shape index (κ1) is 19.1. The van der Waals surface area contributed by atoms with E-state index in [0.29, 0.717) is 12.2 Å². The van der Waals surface area contributed by atoms with Crippen LogP contribution in [0.2, 0.25) is 0 Å². The SMILES string of the molecule is CN(C)CCn1cc(NC(=O)CN(C)S(=O)(=O)c2ccccc2)cn1. The highest BCUT2D eigenvalue weighted by molar-refractivity contribution is 7.89. The molecule has 1 aromatic heterocycles. The Morgan fingerprint density at radius 1 is 1.20 bits per heavy atom. The lowest BCUT2D eigenvalue weighted by molar-refractivity contribution is -0.116. The van der Waals surface area contributed by atoms with E-state index < -0.39 is 15.9 Å². The van der Waals surface area contributed by atoms with Gasteiger partial charge in [-0.3, -0.25) is 9.48 Å². The van der Waals surface area contributed by atoms with Crippen LogP contribution in [0.3, 0.4) is 0 Å². The van der Waals surface area contributed by atoms with Crippen molar-refractivity contribution in [2.75, 3.05) is 39.5 Å². The lowest BCUT2D eigenvalue weighted by Crippen LogP contribution is -2.34. The molecule has 1 amide bonds. The van der Waals surface area contributed by atoms with Gasteiger partial charge in [-0.2, -0.15) is 9.40 Å². The molecule has 0 bridgehead atoms. The van der Waals surface area contributed by atoms with Gasteiger partial charge in [0.05, 0.1) is 29.9 Å². The molecule has 2 aromatic rings. The molecule has 1 N–H and O–H groups in total. The smallest absolute Gasteiger partial charge is 0.243 e. The van der Waals surface area contributed by atoms with Gasteiger partial charge in [0, 0.05) is 19.8 Å². The summed E-state index contributed by atoms with van der Waals surface area (Å²) in [4.78, 5) is 14.3. The van der Waals surface area contributed by atoms with E-state index in [9.17, 15) is 13.2 Å². The van der Waals surface area contributed by atoms with Gasteiger partial charge in [0.25, 0.3) is 0 Å². The number of likely N-dealkylation sites (N-methyl/N-ethyl adjacent to an activating group) is 2. The lowest BCUT2D eigenvalue weighted by Gasteiger charge is -2.16. The van der Waals surface area contributed by atoms with Crippen molar-refractivity contribution in [2.45, 2.75) is 11.4 Å². The van der Waals surface area contributed by atoms with Crippen LogP contribution in [-0.2, 0) is 21.4 Å². The number of amides is 1. The lowest BCUT2D eigenvalue weighted by atomic mass is 10.4. The van der Waals surface area contributed by atoms with Crippen LogP contribution in [0.4, 0.5) is 5.69 Å². The molecule has 9 heteroatoms. The summed E-state index contributed by atoms with van der Waals surface area (Å²) < 4.78 is 27.5. The molecule has 0 radical (unpaired) electrons. The number of nitrogens with one attached hydrogen (secondary N) is 1. The number of sulfonamides is 1. The van der Waals surface area contributed by atoms with Crippen LogP contribution in [0.25, 0.3) is 0 Å². The number of nitrogens with zero attached hydrogens (tertiary/aromatic N) is 4. The Hall–Kier alpha value is -2.23. The third-order valence-electron chi connectivity index (χ3n) is 3.51. The van der Waals surface area contributed by atoms with Crippen LogP contribution >= 0.6 is 0 Å². The van der Waals surface area contributed by atoms with Crippen molar-refractivity contribution in [1.29, 1.82) is 0 Å². The molecular weight excluding hydrogens is 342 g/mol. The molecule has 0 spiro atoms. The Morgan fingerprint density at radius 2 is 1.88 bits per heavy atom. The maximum Gasteiger partial charge on any atom is 0.243 e. The first-order valence-electron chi connectivity index (χ1n) is 7.77. The van der Waals surface area contributed by atoms with E-state index >= 15 is 0 Å². The molecule has 25 heavy (non-hydrogen) atoms. The van der Waals surface area contributed by atoms with E-state index in [4.69, 9.17) is 0 Å². The molecule has 0 saturated carbocycles. The molecule has 1 aromatic carbocycles. The van der Waals surface area contributed by atoms with Gasteiger partial charge in [0.15, 0.2) is 0 Å². The summed E-state index contributed by atoms with van der Waals surface area (Å²) >= 11 is 0. The fourth-order valence-corrected chi connectivity index (χ4v) is 3.26. The minimum atomic E-state index is -3.69. The second-order valence-corrected chi connectivity index (χ2v) is 7.96. The average molecular weight is 365 g/mol. The molecule has 0 fully saturated rings. The quantitative estimate of drug-likeness (QED) is 0.744. The Kier molecular flexibility index (Phi) is 6.29. The summed E-state index contributed by atoms with van der Waals surface area (Å²) in [6, 6.07) is 8.02. The Balaban J connectivity index is 1.94. The first-order chi connectivity index (χ1) is 11.8. The van der Waals surface area contributed by atoms with Crippen LogP contribution in [0.15, 0.2) is 47.6 Å². The van der Waals surface area contributed by atoms with Crippen LogP contribution in [0.1, 0.15) is 0 Å². The maximum absolute atomic E-state index is 12.4. The molecule has 8 nitrogen and oxygen atoms in total. The molecule has 0 aliphatic rings. The van der Waals surface area contributed by atoms with E-state index in [1.165, 1.54) is 19.2 Å². The zero-order valence-electron chi connectivity index (χ0n) is 14.6. The fourth-order valence-electron chi connectivity index (χ4n) is 2.11. The van der Waals surface area contributed by atoms with Gasteiger partial charge in [-0.25, -0.2) is 8.42 Å². The van der Waals surface area contributed by atoms with Gasteiger partial charge in [-0.05, 0) is 26.2 Å². The third kappa shape index (κ3) is 5.38. The monoisotopic (exact) mass is 365 g/mol. The van der Waals surface area contributed by atoms with Gasteiger partial charge in [-0.1, -0.05) is 18.2 Å². The standard InChI is InChI=1S/C16H23N5O3S/c1-19(2)9-10-21-12-14(11-17-21)18-16(22)13-20(3)25(23,24)15-7-5-4-6-8-15/h4-8,11-12H,9-10,13H2,1-3H3,(H,18,22). The van der Waals surface area contributed by atoms with E-state index in [1.807, 2.05) is 19.0 Å². The predicted molar refractivity (Wildman–Crippen MR) is 95.7 cm³/mol. The normalized spacial score (nSPS) is 11.9. The first-order valence-corrected chi connectivity index (χ1v) is 9.21. The van der Waals surface area contributed by atoms with Crippen LogP contribution in [-0.4, -0.2) is 67.5 Å². The second kappa shape index (κ2) is 8.24. The molecular formula is C16H23N5O3S. The highest BCUT2D eigenvalue weighted by atomic mass is 32.2. The van der Waals surface area contributed by atoms with Crippen molar-refractivity contribution < 1.29 is 13.2 Å². The predicted octanol–water partition coefficient (Wildman–Crippen LogP) is 0.704. The summed E-state index contributed by atoms with van der Waals surface area (Å²) in [5, 5.41) is 6.82. The number of anilines is 1. The van der Waals surface area contributed by atoms with E-state index in [0.717, 1.165) is 10.8 Å². The summed E-state index contributed by atoms with van der Waals surface area (Å²) in [7, 11) is 1.62. The van der Waals surface area contributed by atoms with Crippen molar-refractivity contribution in [3.05, 3.63) is 42.7 Å². The van der Waals surface area contributed by atoms with Gasteiger partial charge in [0.2, 0.25) is 15.9 Å². The number of carbonyl (C=O) groups excluding carboxylic acids is 1. The highest BCUT2D eigenvalue weighted by Crippen LogP contribution is 2.13. The number of carbonyl (C=O) groups is 1. The summed E-state index contributed by atoms with van der Waals surface area (Å²) in [6.07, 6.45) is 3.26. The second-order valence-electron chi connectivity index (χ2n) is 5.92. The van der Waals surface area contributed by atoms with E-state index in [1.54, 1.807) is 35.3 Å². The molecule has 0 aliphatic heterocycles. The molecule has 136 valence electrons. The summed E-state index contributed by atoms with van der Waals surface area (Å²) in [6.45, 7) is 1.25. The van der Waals surface area contributed by atoms with Crippen LogP contribution in [0.5, 0.6) is 0 Å². The van der Waals surface area contributed by atoms with Gasteiger partial charge in [-0.15, -0.1) is 0 Å². The molecule has 0 atom stereocenters. The van der Waals surface area contributed by atoms with Gasteiger partial charge >= 0.3 is 0 Å². The summed E-state index contributed by atoms with van der Waals surface area (Å²) in [5.74, 6) is -0.422. The minimum Gasteiger partial charge on any atom is -0.322 e. The summed E-state index contributed by atoms with van der Waals surface area (Å²) in [5.41, 5.74) is 0.536. The van der Waals surface area contributed by atoms with Crippen molar-refractivity contribution in [3.8, 4) is 0 Å². The third-order valence-corrected chi connectivity index (χ3v) is 5.33. The van der Waals surface area contributed by atoms with Crippen molar-refractivity contribution >= 4 is 21.6 Å². The highest BCUT2D eigenvalue weighted by Gasteiger charge is 2.22. The van der Waals surface area contributed by atoms with Crippen LogP contribution in [0, 0.1) is 0 Å². The Bertz CT molecular complexity index is 802. The molecule has 2 rings (SSSR count). The molecule has 0 unspecified atom stereocenters. The maximum atomic E-state index is 12.4. The van der Waals surface area contributed by atoms with Gasteiger partial charge in [0.1, 0.15) is 0 Å². The average Bonchev–Trinajstić information content (AvgIpc) is 3.01. The molecule has 0 aliphatic carbocycles. The van der Waals surface area contributed by atoms with Crippen molar-refractivity contribution in [2.24, 2.45) is 0 Å². The largest absolute Gasteiger partial charge is 0.322 e. The number of hydrogen-bond acceptors (Lipinski definition) is 5. The van der Waals surface area contributed by atoms with Gasteiger partial charge < -0.3 is 10.2 Å². The van der Waals surface area contributed by atoms with Crippen LogP contribution < -0.4 is 5.32 Å². The minimum absolute atomic E-state index is 0.154. The number of hydrogen-bond donors (Lipinski definition) is 1. The Morgan fingerprint density at radius 3 is 2.52 bits per heavy atom. The number of rotatable bonds is 8. The molecule has 0 saturated heterocycles. The zero-order valence-corrected chi connectivity index (χ0v) is 15.4. The fraction of sp³-hybridized carbons (Fsp3) is 0.375. The topological polar surface area (TPSA) is 87.5 Å². The van der Waals surface area contributed by atoms with Crippen molar-refractivity contribution in [3.63, 3.8) is 0 Å². The number of benzene rings is 1. The van der Waals surface area contributed by atoms with E-state index in [-0.39, 0.29) is 11.4 Å². The Labute approximate surface area is 148 Å². The molecule has 1 heterocycles. The zero-order chi connectivity index (χ0) is 18.4. The van der Waals surface area contributed by atoms with E-state index in [2.05, 4.69) is 10.4 Å². The number of aromatic nitrogens is 2. The van der Waals surface area contributed by atoms with Crippen molar-refractivity contribution in [1.82, 2.24) is 19.0 Å².